The van der Waals surface area contributed by atoms with Crippen LogP contribution in [0.5, 0.6) is 0 Å². The summed E-state index contributed by atoms with van der Waals surface area (Å²) < 4.78 is 5.65. The van der Waals surface area contributed by atoms with Crippen molar-refractivity contribution in [2.24, 2.45) is 5.41 Å². The summed E-state index contributed by atoms with van der Waals surface area (Å²) in [4.78, 5) is 7.27. The molecule has 0 radical (unpaired) electrons. The van der Waals surface area contributed by atoms with Crippen molar-refractivity contribution < 1.29 is 4.52 Å². The number of nitrogens with one attached hydrogen (secondary N) is 1. The smallest absolute Gasteiger partial charge is 0.230 e. The van der Waals surface area contributed by atoms with E-state index in [0.717, 1.165) is 44.3 Å². The summed E-state index contributed by atoms with van der Waals surface area (Å²) in [6, 6.07) is 0.300. The third-order valence-electron chi connectivity index (χ3n) is 5.29. The van der Waals surface area contributed by atoms with Crippen molar-refractivity contribution in [1.29, 1.82) is 0 Å². The third kappa shape index (κ3) is 2.99. The van der Waals surface area contributed by atoms with Gasteiger partial charge in [0.05, 0.1) is 6.04 Å². The van der Waals surface area contributed by atoms with E-state index in [1.165, 1.54) is 19.3 Å². The van der Waals surface area contributed by atoms with Gasteiger partial charge in [-0.15, -0.1) is 0 Å². The van der Waals surface area contributed by atoms with Crippen LogP contribution >= 0.6 is 0 Å². The van der Waals surface area contributed by atoms with Crippen molar-refractivity contribution in [3.63, 3.8) is 0 Å². The SMILES string of the molecule is CCC(c1noc(C2CCCC2(C)C)n1)N1CCNCC1. The van der Waals surface area contributed by atoms with Crippen molar-refractivity contribution in [3.05, 3.63) is 11.7 Å². The quantitative estimate of drug-likeness (QED) is 0.924. The summed E-state index contributed by atoms with van der Waals surface area (Å²) in [6.45, 7) is 11.1. The van der Waals surface area contributed by atoms with Gasteiger partial charge in [0.15, 0.2) is 5.82 Å². The van der Waals surface area contributed by atoms with Crippen molar-refractivity contribution in [2.75, 3.05) is 26.2 Å². The normalized spacial score (nSPS) is 27.9. The number of rotatable bonds is 4. The number of hydrogen-bond acceptors (Lipinski definition) is 5. The van der Waals surface area contributed by atoms with Gasteiger partial charge in [0.2, 0.25) is 5.89 Å². The van der Waals surface area contributed by atoms with Crippen LogP contribution < -0.4 is 5.32 Å². The second-order valence-corrected chi connectivity index (χ2v) is 7.13. The highest BCUT2D eigenvalue weighted by molar-refractivity contribution is 5.06. The van der Waals surface area contributed by atoms with Gasteiger partial charge in [-0.2, -0.15) is 4.98 Å². The molecule has 1 aliphatic heterocycles. The largest absolute Gasteiger partial charge is 0.339 e. The first-order chi connectivity index (χ1) is 10.1. The summed E-state index contributed by atoms with van der Waals surface area (Å²) >= 11 is 0. The van der Waals surface area contributed by atoms with Gasteiger partial charge in [0.1, 0.15) is 0 Å². The molecule has 5 nitrogen and oxygen atoms in total. The number of hydrogen-bond donors (Lipinski definition) is 1. The third-order valence-corrected chi connectivity index (χ3v) is 5.29. The zero-order valence-electron chi connectivity index (χ0n) is 13.6. The van der Waals surface area contributed by atoms with Gasteiger partial charge in [-0.25, -0.2) is 0 Å². The molecule has 1 saturated carbocycles. The number of aromatic nitrogens is 2. The van der Waals surface area contributed by atoms with Gasteiger partial charge in [0.25, 0.3) is 0 Å². The first-order valence-electron chi connectivity index (χ1n) is 8.40. The molecular formula is C16H28N4O. The Balaban J connectivity index is 1.76. The van der Waals surface area contributed by atoms with Crippen LogP contribution in [0.4, 0.5) is 0 Å². The lowest BCUT2D eigenvalue weighted by molar-refractivity contribution is 0.160. The lowest BCUT2D eigenvalue weighted by Crippen LogP contribution is -2.45. The highest BCUT2D eigenvalue weighted by Crippen LogP contribution is 2.48. The first kappa shape index (κ1) is 15.0. The van der Waals surface area contributed by atoms with Crippen molar-refractivity contribution in [2.45, 2.75) is 58.4 Å². The van der Waals surface area contributed by atoms with E-state index in [1.807, 2.05) is 0 Å². The van der Waals surface area contributed by atoms with Gasteiger partial charge in [-0.1, -0.05) is 32.3 Å². The van der Waals surface area contributed by atoms with Crippen LogP contribution in [0.15, 0.2) is 4.52 Å². The van der Waals surface area contributed by atoms with Crippen LogP contribution in [0.25, 0.3) is 0 Å². The fraction of sp³-hybridized carbons (Fsp3) is 0.875. The molecule has 1 aliphatic carbocycles. The van der Waals surface area contributed by atoms with Gasteiger partial charge in [-0.05, 0) is 24.7 Å². The maximum atomic E-state index is 5.65. The minimum atomic E-state index is 0.292. The molecule has 2 unspecified atom stereocenters. The minimum absolute atomic E-state index is 0.292. The fourth-order valence-corrected chi connectivity index (χ4v) is 3.91. The molecule has 0 aromatic carbocycles. The maximum absolute atomic E-state index is 5.65. The van der Waals surface area contributed by atoms with E-state index in [2.05, 4.69) is 36.1 Å². The zero-order chi connectivity index (χ0) is 14.9. The Labute approximate surface area is 127 Å². The molecule has 2 fully saturated rings. The highest BCUT2D eigenvalue weighted by Gasteiger charge is 2.39. The Bertz CT molecular complexity index is 465. The van der Waals surface area contributed by atoms with Crippen LogP contribution in [-0.4, -0.2) is 41.2 Å². The van der Waals surface area contributed by atoms with Gasteiger partial charge < -0.3 is 9.84 Å². The van der Waals surface area contributed by atoms with E-state index in [9.17, 15) is 0 Å². The predicted molar refractivity (Wildman–Crippen MR) is 82.1 cm³/mol. The zero-order valence-corrected chi connectivity index (χ0v) is 13.6. The summed E-state index contributed by atoms with van der Waals surface area (Å²) in [6.07, 6.45) is 4.74. The monoisotopic (exact) mass is 292 g/mol. The molecule has 1 N–H and O–H groups in total. The average molecular weight is 292 g/mol. The standard InChI is InChI=1S/C16H28N4O/c1-4-13(20-10-8-17-9-11-20)14-18-15(21-19-14)12-6-5-7-16(12,2)3/h12-13,17H,4-11H2,1-3H3. The van der Waals surface area contributed by atoms with Gasteiger partial charge in [0, 0.05) is 32.1 Å². The first-order valence-corrected chi connectivity index (χ1v) is 8.40. The Morgan fingerprint density at radius 3 is 2.76 bits per heavy atom. The van der Waals surface area contributed by atoms with Crippen LogP contribution in [0.3, 0.4) is 0 Å². The number of piperazine rings is 1. The molecule has 2 aliphatic rings. The molecule has 0 spiro atoms. The molecule has 0 bridgehead atoms. The number of nitrogens with zero attached hydrogens (tertiary/aromatic N) is 3. The van der Waals surface area contributed by atoms with Crippen LogP contribution in [0.2, 0.25) is 0 Å². The van der Waals surface area contributed by atoms with E-state index >= 15 is 0 Å². The summed E-state index contributed by atoms with van der Waals surface area (Å²) in [5, 5.41) is 7.72. The molecule has 118 valence electrons. The molecular weight excluding hydrogens is 264 g/mol. The second kappa shape index (κ2) is 6.05. The van der Waals surface area contributed by atoms with Crippen molar-refractivity contribution in [1.82, 2.24) is 20.4 Å². The van der Waals surface area contributed by atoms with E-state index in [0.29, 0.717) is 17.4 Å². The minimum Gasteiger partial charge on any atom is -0.339 e. The molecule has 21 heavy (non-hydrogen) atoms. The van der Waals surface area contributed by atoms with E-state index < -0.39 is 0 Å². The van der Waals surface area contributed by atoms with Gasteiger partial charge in [-0.3, -0.25) is 4.90 Å². The van der Waals surface area contributed by atoms with Crippen molar-refractivity contribution in [3.8, 4) is 0 Å². The van der Waals surface area contributed by atoms with E-state index in [-0.39, 0.29) is 0 Å². The predicted octanol–water partition coefficient (Wildman–Crippen LogP) is 2.72. The molecule has 5 heteroatoms. The highest BCUT2D eigenvalue weighted by atomic mass is 16.5. The lowest BCUT2D eigenvalue weighted by atomic mass is 9.82. The summed E-state index contributed by atoms with van der Waals surface area (Å²) in [7, 11) is 0. The Kier molecular flexibility index (Phi) is 4.31. The Morgan fingerprint density at radius 1 is 1.38 bits per heavy atom. The molecule has 1 aromatic rings. The maximum Gasteiger partial charge on any atom is 0.230 e. The van der Waals surface area contributed by atoms with Crippen LogP contribution in [-0.2, 0) is 0 Å². The summed E-state index contributed by atoms with van der Waals surface area (Å²) in [5.74, 6) is 2.18. The second-order valence-electron chi connectivity index (χ2n) is 7.13. The Morgan fingerprint density at radius 2 is 2.14 bits per heavy atom. The molecule has 1 saturated heterocycles. The van der Waals surface area contributed by atoms with Crippen LogP contribution in [0.1, 0.15) is 70.1 Å². The average Bonchev–Trinajstić information content (AvgIpc) is 3.07. The molecule has 0 amide bonds. The molecule has 3 rings (SSSR count). The Hall–Kier alpha value is -0.940. The van der Waals surface area contributed by atoms with E-state index in [4.69, 9.17) is 9.51 Å². The van der Waals surface area contributed by atoms with Gasteiger partial charge >= 0.3 is 0 Å². The lowest BCUT2D eigenvalue weighted by Gasteiger charge is -2.32. The summed E-state index contributed by atoms with van der Waals surface area (Å²) in [5.41, 5.74) is 0.292. The fourth-order valence-electron chi connectivity index (χ4n) is 3.91. The molecule has 2 heterocycles. The van der Waals surface area contributed by atoms with Crippen molar-refractivity contribution >= 4 is 0 Å². The molecule has 2 atom stereocenters. The topological polar surface area (TPSA) is 54.2 Å². The van der Waals surface area contributed by atoms with Crippen LogP contribution in [0, 0.1) is 5.41 Å². The van der Waals surface area contributed by atoms with E-state index in [1.54, 1.807) is 0 Å². The molecule has 1 aromatic heterocycles.